The number of aliphatic hydroxyl groups excluding tert-OH is 1. The van der Waals surface area contributed by atoms with E-state index < -0.39 is 0 Å². The zero-order chi connectivity index (χ0) is 14.2. The van der Waals surface area contributed by atoms with Gasteiger partial charge in [-0.2, -0.15) is 0 Å². The van der Waals surface area contributed by atoms with E-state index in [-0.39, 0.29) is 17.4 Å². The fraction of sp³-hybridized carbons (Fsp3) is 0.647. The maximum atomic E-state index is 10.5. The fourth-order valence-corrected chi connectivity index (χ4v) is 2.97. The van der Waals surface area contributed by atoms with E-state index in [9.17, 15) is 5.11 Å². The summed E-state index contributed by atoms with van der Waals surface area (Å²) in [5.41, 5.74) is 8.68. The predicted molar refractivity (Wildman–Crippen MR) is 80.2 cm³/mol. The van der Waals surface area contributed by atoms with Crippen LogP contribution in [0.2, 0.25) is 0 Å². The molecule has 0 spiro atoms. The van der Waals surface area contributed by atoms with Crippen LogP contribution in [0.15, 0.2) is 24.3 Å². The zero-order valence-corrected chi connectivity index (χ0v) is 12.6. The van der Waals surface area contributed by atoms with Crippen LogP contribution in [-0.2, 0) is 0 Å². The number of aliphatic hydroxyl groups is 1. The Morgan fingerprint density at radius 3 is 2.05 bits per heavy atom. The monoisotopic (exact) mass is 261 g/mol. The molecule has 0 radical (unpaired) electrons. The maximum absolute atomic E-state index is 10.5. The topological polar surface area (TPSA) is 46.2 Å². The molecule has 0 aliphatic heterocycles. The third-order valence-electron chi connectivity index (χ3n) is 4.70. The molecule has 3 atom stereocenters. The van der Waals surface area contributed by atoms with E-state index in [0.29, 0.717) is 18.4 Å². The first-order valence-electron chi connectivity index (χ1n) is 7.35. The van der Waals surface area contributed by atoms with Gasteiger partial charge in [-0.15, -0.1) is 0 Å². The van der Waals surface area contributed by atoms with Crippen LogP contribution in [0.3, 0.4) is 0 Å². The van der Waals surface area contributed by atoms with Gasteiger partial charge in [0.1, 0.15) is 0 Å². The van der Waals surface area contributed by atoms with Crippen molar-refractivity contribution < 1.29 is 5.11 Å². The highest BCUT2D eigenvalue weighted by Crippen LogP contribution is 2.55. The average molecular weight is 261 g/mol. The van der Waals surface area contributed by atoms with Crippen molar-refractivity contribution in [3.8, 4) is 0 Å². The molecule has 2 heteroatoms. The highest BCUT2D eigenvalue weighted by molar-refractivity contribution is 5.29. The van der Waals surface area contributed by atoms with Crippen LogP contribution in [0.4, 0.5) is 0 Å². The van der Waals surface area contributed by atoms with Crippen molar-refractivity contribution in [2.75, 3.05) is 6.54 Å². The normalized spacial score (nSPS) is 24.3. The Morgan fingerprint density at radius 2 is 1.68 bits per heavy atom. The zero-order valence-electron chi connectivity index (χ0n) is 12.6. The molecule has 0 amide bonds. The number of rotatable bonds is 5. The molecule has 1 aliphatic rings. The lowest BCUT2D eigenvalue weighted by atomic mass is 9.87. The van der Waals surface area contributed by atoms with Crippen LogP contribution in [0.25, 0.3) is 0 Å². The molecule has 1 aromatic rings. The molecule has 1 saturated carbocycles. The molecule has 19 heavy (non-hydrogen) atoms. The van der Waals surface area contributed by atoms with E-state index in [1.54, 1.807) is 0 Å². The second kappa shape index (κ2) is 5.26. The Labute approximate surface area is 117 Å². The molecular formula is C17H27NO. The second-order valence-corrected chi connectivity index (χ2v) is 6.95. The lowest BCUT2D eigenvalue weighted by Gasteiger charge is -2.23. The summed E-state index contributed by atoms with van der Waals surface area (Å²) in [6, 6.07) is 8.58. The molecule has 0 aromatic heterocycles. The van der Waals surface area contributed by atoms with E-state index in [1.807, 2.05) is 0 Å². The molecule has 3 N–H and O–H groups in total. The quantitative estimate of drug-likeness (QED) is 0.854. The molecule has 1 aliphatic carbocycles. The highest BCUT2D eigenvalue weighted by atomic mass is 16.3. The molecular weight excluding hydrogens is 234 g/mol. The van der Waals surface area contributed by atoms with E-state index in [1.165, 1.54) is 11.1 Å². The van der Waals surface area contributed by atoms with Gasteiger partial charge in [-0.3, -0.25) is 0 Å². The number of hydrogen-bond acceptors (Lipinski definition) is 2. The Balaban J connectivity index is 2.13. The Morgan fingerprint density at radius 1 is 1.21 bits per heavy atom. The van der Waals surface area contributed by atoms with Crippen LogP contribution in [0.5, 0.6) is 0 Å². The van der Waals surface area contributed by atoms with Crippen LogP contribution in [0, 0.1) is 11.3 Å². The maximum Gasteiger partial charge on any atom is 0.0654 e. The summed E-state index contributed by atoms with van der Waals surface area (Å²) in [6.07, 6.45) is 0.791. The highest BCUT2D eigenvalue weighted by Gasteiger charge is 2.51. The Kier molecular flexibility index (Phi) is 4.03. The summed E-state index contributed by atoms with van der Waals surface area (Å²) in [5, 5.41) is 10.5. The fourth-order valence-electron chi connectivity index (χ4n) is 2.97. The van der Waals surface area contributed by atoms with Gasteiger partial charge >= 0.3 is 0 Å². The lowest BCUT2D eigenvalue weighted by molar-refractivity contribution is 0.109. The molecule has 0 heterocycles. The minimum atomic E-state index is -0.315. The first kappa shape index (κ1) is 14.5. The van der Waals surface area contributed by atoms with Gasteiger partial charge in [0, 0.05) is 12.5 Å². The predicted octanol–water partition coefficient (Wildman–Crippen LogP) is 3.26. The summed E-state index contributed by atoms with van der Waals surface area (Å²) in [7, 11) is 0. The van der Waals surface area contributed by atoms with Gasteiger partial charge < -0.3 is 10.8 Å². The van der Waals surface area contributed by atoms with Gasteiger partial charge in [0.25, 0.3) is 0 Å². The van der Waals surface area contributed by atoms with E-state index in [0.717, 1.165) is 6.42 Å². The summed E-state index contributed by atoms with van der Waals surface area (Å²) >= 11 is 0. The van der Waals surface area contributed by atoms with Gasteiger partial charge in [0.2, 0.25) is 0 Å². The standard InChI is InChI=1S/C17H27NO/c1-11(2)12-5-7-13(8-6-12)14(10-18)16(19)15-9-17(15,3)4/h5-8,11,14-16,19H,9-10,18H2,1-4H3. The van der Waals surface area contributed by atoms with Gasteiger partial charge in [-0.05, 0) is 34.8 Å². The molecule has 0 saturated heterocycles. The molecule has 1 fully saturated rings. The molecule has 0 bridgehead atoms. The first-order valence-corrected chi connectivity index (χ1v) is 7.35. The van der Waals surface area contributed by atoms with Crippen LogP contribution in [0.1, 0.15) is 57.1 Å². The summed E-state index contributed by atoms with van der Waals surface area (Å²) in [6.45, 7) is 9.33. The largest absolute Gasteiger partial charge is 0.392 e. The van der Waals surface area contributed by atoms with Gasteiger partial charge in [0.15, 0.2) is 0 Å². The van der Waals surface area contributed by atoms with Crippen LogP contribution in [-0.4, -0.2) is 17.8 Å². The molecule has 2 rings (SSSR count). The van der Waals surface area contributed by atoms with E-state index in [2.05, 4.69) is 52.0 Å². The minimum absolute atomic E-state index is 0.0630. The Hall–Kier alpha value is -0.860. The van der Waals surface area contributed by atoms with E-state index >= 15 is 0 Å². The molecule has 106 valence electrons. The lowest BCUT2D eigenvalue weighted by Crippen LogP contribution is -2.29. The van der Waals surface area contributed by atoms with Crippen molar-refractivity contribution in [1.29, 1.82) is 0 Å². The molecule has 3 unspecified atom stereocenters. The van der Waals surface area contributed by atoms with Gasteiger partial charge in [-0.1, -0.05) is 52.0 Å². The summed E-state index contributed by atoms with van der Waals surface area (Å²) in [5.74, 6) is 0.997. The third kappa shape index (κ3) is 3.01. The van der Waals surface area contributed by atoms with Crippen molar-refractivity contribution in [3.63, 3.8) is 0 Å². The van der Waals surface area contributed by atoms with Crippen molar-refractivity contribution in [3.05, 3.63) is 35.4 Å². The van der Waals surface area contributed by atoms with Crippen molar-refractivity contribution in [2.45, 2.75) is 52.1 Å². The van der Waals surface area contributed by atoms with Gasteiger partial charge in [-0.25, -0.2) is 0 Å². The molecule has 2 nitrogen and oxygen atoms in total. The van der Waals surface area contributed by atoms with Crippen molar-refractivity contribution in [2.24, 2.45) is 17.1 Å². The van der Waals surface area contributed by atoms with Gasteiger partial charge in [0.05, 0.1) is 6.10 Å². The molecule has 1 aromatic carbocycles. The SMILES string of the molecule is CC(C)c1ccc(C(CN)C(O)C2CC2(C)C)cc1. The van der Waals surface area contributed by atoms with Crippen LogP contribution < -0.4 is 5.73 Å². The van der Waals surface area contributed by atoms with Crippen molar-refractivity contribution in [1.82, 2.24) is 0 Å². The average Bonchev–Trinajstić information content (AvgIpc) is 3.00. The minimum Gasteiger partial charge on any atom is -0.392 e. The van der Waals surface area contributed by atoms with Crippen LogP contribution >= 0.6 is 0 Å². The second-order valence-electron chi connectivity index (χ2n) is 6.95. The number of nitrogens with two attached hydrogens (primary N) is 1. The Bertz CT molecular complexity index is 421. The third-order valence-corrected chi connectivity index (χ3v) is 4.70. The summed E-state index contributed by atoms with van der Waals surface area (Å²) in [4.78, 5) is 0. The summed E-state index contributed by atoms with van der Waals surface area (Å²) < 4.78 is 0. The number of hydrogen-bond donors (Lipinski definition) is 2. The number of benzene rings is 1. The van der Waals surface area contributed by atoms with Crippen molar-refractivity contribution >= 4 is 0 Å². The first-order chi connectivity index (χ1) is 8.86. The smallest absolute Gasteiger partial charge is 0.0654 e. The van der Waals surface area contributed by atoms with E-state index in [4.69, 9.17) is 5.73 Å².